The van der Waals surface area contributed by atoms with E-state index in [-0.39, 0.29) is 12.0 Å². The average molecular weight is 501 g/mol. The van der Waals surface area contributed by atoms with Crippen molar-refractivity contribution in [2.75, 3.05) is 0 Å². The van der Waals surface area contributed by atoms with Gasteiger partial charge < -0.3 is 0 Å². The van der Waals surface area contributed by atoms with Gasteiger partial charge in [-0.3, -0.25) is 0 Å². The van der Waals surface area contributed by atoms with Crippen molar-refractivity contribution < 1.29 is 4.57 Å². The zero-order valence-electron chi connectivity index (χ0n) is 23.7. The summed E-state index contributed by atoms with van der Waals surface area (Å²) >= 11 is 0. The maximum absolute atomic E-state index is 5.84. The predicted octanol–water partition coefficient (Wildman–Crippen LogP) is 9.66. The van der Waals surface area contributed by atoms with E-state index in [0.29, 0.717) is 0 Å². The third-order valence-electron chi connectivity index (χ3n) is 6.71. The fourth-order valence-electron chi connectivity index (χ4n) is 4.68. The van der Waals surface area contributed by atoms with Crippen LogP contribution in [0.15, 0.2) is 109 Å². The molecule has 2 atom stereocenters. The highest BCUT2D eigenvalue weighted by molar-refractivity contribution is 5.69. The van der Waals surface area contributed by atoms with Gasteiger partial charge in [0.25, 0.3) is 0 Å². The second-order valence-corrected chi connectivity index (χ2v) is 9.93. The first-order chi connectivity index (χ1) is 18.5. The lowest BCUT2D eigenvalue weighted by molar-refractivity contribution is -0.698. The zero-order valence-corrected chi connectivity index (χ0v) is 23.7. The van der Waals surface area contributed by atoms with Gasteiger partial charge in [0.2, 0.25) is 5.69 Å². The number of pyridine rings is 1. The second-order valence-electron chi connectivity index (χ2n) is 9.93. The number of hydrogen-bond acceptors (Lipinski definition) is 0. The molecule has 194 valence electrons. The molecular weight excluding hydrogens is 458 g/mol. The number of terminal acetylenes is 1. The van der Waals surface area contributed by atoms with Crippen molar-refractivity contribution in [3.05, 3.63) is 126 Å². The van der Waals surface area contributed by atoms with Gasteiger partial charge in [-0.1, -0.05) is 111 Å². The largest absolute Gasteiger partial charge is 0.213 e. The summed E-state index contributed by atoms with van der Waals surface area (Å²) in [5, 5.41) is 0. The highest BCUT2D eigenvalue weighted by Crippen LogP contribution is 2.28. The van der Waals surface area contributed by atoms with Gasteiger partial charge in [-0.25, -0.2) is 0 Å². The lowest BCUT2D eigenvalue weighted by atomic mass is 9.95. The Labute approximate surface area is 230 Å². The lowest BCUT2D eigenvalue weighted by Gasteiger charge is -2.14. The van der Waals surface area contributed by atoms with E-state index in [1.807, 2.05) is 6.07 Å². The number of aryl methyl sites for hydroxylation is 2. The number of allylic oxidation sites excluding steroid dienone is 2. The lowest BCUT2D eigenvalue weighted by Crippen LogP contribution is -2.39. The highest BCUT2D eigenvalue weighted by atomic mass is 15.0. The molecule has 1 aromatic heterocycles. The van der Waals surface area contributed by atoms with E-state index in [4.69, 9.17) is 6.42 Å². The smallest absolute Gasteiger partial charge is 0.192 e. The summed E-state index contributed by atoms with van der Waals surface area (Å²) in [6, 6.07) is 32.2. The summed E-state index contributed by atoms with van der Waals surface area (Å²) in [5.74, 6) is 3.12. The van der Waals surface area contributed by atoms with Gasteiger partial charge >= 0.3 is 0 Å². The molecule has 0 amide bonds. The monoisotopic (exact) mass is 500 g/mol. The Kier molecular flexibility index (Phi) is 11.1. The SMILES string of the molecule is C#CC(CC/C=C\C(C)[n+]1cc(-c2ccccc2)c(C)cc1-c1ccccc1C)c1ccccc1.CCC. The van der Waals surface area contributed by atoms with E-state index >= 15 is 0 Å². The normalized spacial score (nSPS) is 12.3. The molecule has 0 aliphatic rings. The number of rotatable bonds is 8. The first-order valence-electron chi connectivity index (χ1n) is 13.8. The molecular formula is C37H42N+. The minimum absolute atomic E-state index is 0.149. The van der Waals surface area contributed by atoms with Crippen LogP contribution < -0.4 is 4.57 Å². The Morgan fingerprint density at radius 1 is 0.816 bits per heavy atom. The van der Waals surface area contributed by atoms with Crippen molar-refractivity contribution >= 4 is 0 Å². The molecule has 4 aromatic rings. The summed E-state index contributed by atoms with van der Waals surface area (Å²) in [6.07, 6.45) is 15.9. The molecule has 38 heavy (non-hydrogen) atoms. The van der Waals surface area contributed by atoms with Crippen LogP contribution in [0.3, 0.4) is 0 Å². The van der Waals surface area contributed by atoms with E-state index in [0.717, 1.165) is 12.8 Å². The Morgan fingerprint density at radius 2 is 1.42 bits per heavy atom. The minimum Gasteiger partial charge on any atom is -0.192 e. The highest BCUT2D eigenvalue weighted by Gasteiger charge is 2.22. The average Bonchev–Trinajstić information content (AvgIpc) is 2.94. The van der Waals surface area contributed by atoms with Crippen LogP contribution in [0.1, 0.15) is 68.7 Å². The third-order valence-corrected chi connectivity index (χ3v) is 6.71. The maximum atomic E-state index is 5.84. The van der Waals surface area contributed by atoms with E-state index in [2.05, 4.69) is 148 Å². The molecule has 1 nitrogen and oxygen atoms in total. The molecule has 0 saturated heterocycles. The van der Waals surface area contributed by atoms with Gasteiger partial charge in [-0.2, -0.15) is 4.57 Å². The summed E-state index contributed by atoms with van der Waals surface area (Å²) in [6.45, 7) is 10.9. The van der Waals surface area contributed by atoms with Crippen molar-refractivity contribution in [2.24, 2.45) is 0 Å². The van der Waals surface area contributed by atoms with E-state index in [9.17, 15) is 0 Å². The van der Waals surface area contributed by atoms with E-state index < -0.39 is 0 Å². The fraction of sp³-hybridized carbons (Fsp3) is 0.270. The second kappa shape index (κ2) is 14.7. The first kappa shape index (κ1) is 28.7. The van der Waals surface area contributed by atoms with Gasteiger partial charge in [0.1, 0.15) is 0 Å². The van der Waals surface area contributed by atoms with Crippen molar-refractivity contribution in [3.8, 4) is 34.7 Å². The quantitative estimate of drug-likeness (QED) is 0.129. The van der Waals surface area contributed by atoms with Crippen LogP contribution in [0.4, 0.5) is 0 Å². The van der Waals surface area contributed by atoms with E-state index in [1.54, 1.807) is 0 Å². The molecule has 1 heteroatoms. The number of benzene rings is 3. The molecule has 0 aliphatic heterocycles. The Balaban J connectivity index is 0.00000127. The van der Waals surface area contributed by atoms with Crippen LogP contribution in [0.2, 0.25) is 0 Å². The number of aromatic nitrogens is 1. The minimum atomic E-state index is 0.149. The first-order valence-corrected chi connectivity index (χ1v) is 13.8. The van der Waals surface area contributed by atoms with Gasteiger partial charge in [0.15, 0.2) is 12.2 Å². The number of nitrogens with zero attached hydrogens (tertiary/aromatic N) is 1. The maximum Gasteiger partial charge on any atom is 0.213 e. The molecule has 0 aliphatic carbocycles. The summed E-state index contributed by atoms with van der Waals surface area (Å²) < 4.78 is 2.41. The molecule has 0 N–H and O–H groups in total. The van der Waals surface area contributed by atoms with Crippen molar-refractivity contribution in [3.63, 3.8) is 0 Å². The van der Waals surface area contributed by atoms with Gasteiger partial charge in [-0.05, 0) is 61.1 Å². The molecule has 3 aromatic carbocycles. The van der Waals surface area contributed by atoms with Gasteiger partial charge in [-0.15, -0.1) is 6.42 Å². The molecule has 0 fully saturated rings. The van der Waals surface area contributed by atoms with Crippen LogP contribution in [0.25, 0.3) is 22.4 Å². The Hall–Kier alpha value is -3.89. The van der Waals surface area contributed by atoms with Gasteiger partial charge in [0.05, 0.1) is 0 Å². The standard InChI is InChI=1S/C34H34N.C3H8/c1-5-29(30-19-8-6-9-20-30)18-14-13-17-28(4)35-25-33(31-21-10-7-11-22-31)27(3)24-34(35)32-23-15-12-16-26(32)2;1-3-2/h1,6-13,15-17,19-25,28-29H,14,18H2,2-4H3;3H2,1-2H3/q+1;/b17-13-;. The van der Waals surface area contributed by atoms with Crippen molar-refractivity contribution in [2.45, 2.75) is 65.8 Å². The summed E-state index contributed by atoms with van der Waals surface area (Å²) in [5.41, 5.74) is 8.80. The van der Waals surface area contributed by atoms with Crippen molar-refractivity contribution in [1.29, 1.82) is 0 Å². The molecule has 0 bridgehead atoms. The Bertz CT molecular complexity index is 1340. The Morgan fingerprint density at radius 3 is 2.05 bits per heavy atom. The van der Waals surface area contributed by atoms with Crippen molar-refractivity contribution in [1.82, 2.24) is 0 Å². The van der Waals surface area contributed by atoms with Gasteiger partial charge in [0, 0.05) is 30.0 Å². The van der Waals surface area contributed by atoms with Crippen LogP contribution in [-0.4, -0.2) is 0 Å². The summed E-state index contributed by atoms with van der Waals surface area (Å²) in [4.78, 5) is 0. The van der Waals surface area contributed by atoms with Crippen LogP contribution >= 0.6 is 0 Å². The van der Waals surface area contributed by atoms with Crippen LogP contribution in [0, 0.1) is 26.2 Å². The molecule has 0 spiro atoms. The molecule has 1 heterocycles. The molecule has 2 unspecified atom stereocenters. The predicted molar refractivity (Wildman–Crippen MR) is 164 cm³/mol. The summed E-state index contributed by atoms with van der Waals surface area (Å²) in [7, 11) is 0. The van der Waals surface area contributed by atoms with E-state index in [1.165, 1.54) is 45.5 Å². The topological polar surface area (TPSA) is 3.88 Å². The zero-order chi connectivity index (χ0) is 27.3. The fourth-order valence-corrected chi connectivity index (χ4v) is 4.68. The molecule has 0 radical (unpaired) electrons. The third kappa shape index (κ3) is 7.56. The number of hydrogen-bond donors (Lipinski definition) is 0. The van der Waals surface area contributed by atoms with Crippen LogP contribution in [-0.2, 0) is 0 Å². The molecule has 0 saturated carbocycles. The molecule has 4 rings (SSSR count). The van der Waals surface area contributed by atoms with Crippen LogP contribution in [0.5, 0.6) is 0 Å².